The second kappa shape index (κ2) is 8.12. The minimum atomic E-state index is -0.131. The van der Waals surface area contributed by atoms with Gasteiger partial charge in [0.15, 0.2) is 0 Å². The molecule has 2 heterocycles. The highest BCUT2D eigenvalue weighted by Crippen LogP contribution is 2.14. The Labute approximate surface area is 167 Å². The molecule has 1 amide bonds. The summed E-state index contributed by atoms with van der Waals surface area (Å²) in [6.45, 7) is 3.95. The van der Waals surface area contributed by atoms with E-state index in [4.69, 9.17) is 11.6 Å². The highest BCUT2D eigenvalue weighted by atomic mass is 35.5. The van der Waals surface area contributed by atoms with Gasteiger partial charge in [-0.25, -0.2) is 0 Å². The fourth-order valence-electron chi connectivity index (χ4n) is 3.56. The third-order valence-electron chi connectivity index (χ3n) is 5.07. The van der Waals surface area contributed by atoms with Crippen LogP contribution in [0.1, 0.15) is 5.56 Å². The summed E-state index contributed by atoms with van der Waals surface area (Å²) in [5, 5.41) is 5.48. The third kappa shape index (κ3) is 4.08. The lowest BCUT2D eigenvalue weighted by Gasteiger charge is -2.35. The zero-order valence-corrected chi connectivity index (χ0v) is 16.2. The number of aromatic nitrogens is 2. The van der Waals surface area contributed by atoms with E-state index >= 15 is 0 Å². The smallest absolute Gasteiger partial charge is 0.244 e. The van der Waals surface area contributed by atoms with Gasteiger partial charge in [0.1, 0.15) is 6.54 Å². The number of benzene rings is 2. The summed E-state index contributed by atoms with van der Waals surface area (Å²) >= 11 is 6.06. The van der Waals surface area contributed by atoms with Crippen LogP contribution in [0.2, 0.25) is 5.02 Å². The van der Waals surface area contributed by atoms with Crippen molar-refractivity contribution in [3.63, 3.8) is 0 Å². The number of halogens is 1. The van der Waals surface area contributed by atoms with Gasteiger partial charge in [0.2, 0.25) is 11.3 Å². The van der Waals surface area contributed by atoms with Crippen LogP contribution in [0.5, 0.6) is 0 Å². The Hall–Kier alpha value is -2.70. The molecule has 144 valence electrons. The molecule has 1 fully saturated rings. The molecular formula is C21H21ClN4O2. The number of amides is 1. The van der Waals surface area contributed by atoms with E-state index in [1.54, 1.807) is 10.7 Å². The summed E-state index contributed by atoms with van der Waals surface area (Å²) in [6, 6.07) is 15.1. The first-order chi connectivity index (χ1) is 13.6. The van der Waals surface area contributed by atoms with Gasteiger partial charge in [0.25, 0.3) is 0 Å². The van der Waals surface area contributed by atoms with Crippen molar-refractivity contribution in [2.75, 3.05) is 26.2 Å². The molecular weight excluding hydrogens is 376 g/mol. The van der Waals surface area contributed by atoms with Crippen molar-refractivity contribution in [3.05, 3.63) is 75.5 Å². The van der Waals surface area contributed by atoms with Gasteiger partial charge in [0.05, 0.1) is 11.7 Å². The van der Waals surface area contributed by atoms with E-state index in [-0.39, 0.29) is 17.9 Å². The number of fused-ring (bicyclic) bond motifs is 1. The number of carbonyl (C=O) groups is 1. The van der Waals surface area contributed by atoms with Crippen LogP contribution in [0.3, 0.4) is 0 Å². The van der Waals surface area contributed by atoms with Gasteiger partial charge < -0.3 is 4.90 Å². The molecule has 0 atom stereocenters. The SMILES string of the molecule is O=C(Cn1ncc(=O)c2ccccc21)N1CCN(Cc2cccc(Cl)c2)CC1. The number of nitrogens with zero attached hydrogens (tertiary/aromatic N) is 4. The summed E-state index contributed by atoms with van der Waals surface area (Å²) in [7, 11) is 0. The molecule has 3 aromatic rings. The first-order valence-corrected chi connectivity index (χ1v) is 9.67. The van der Waals surface area contributed by atoms with Crippen LogP contribution in [-0.4, -0.2) is 51.7 Å². The van der Waals surface area contributed by atoms with Gasteiger partial charge >= 0.3 is 0 Å². The Balaban J connectivity index is 1.38. The molecule has 0 saturated carbocycles. The molecule has 0 unspecified atom stereocenters. The first kappa shape index (κ1) is 18.7. The average Bonchev–Trinajstić information content (AvgIpc) is 2.71. The average molecular weight is 397 g/mol. The molecule has 0 bridgehead atoms. The quantitative estimate of drug-likeness (QED) is 0.679. The molecule has 0 N–H and O–H groups in total. The van der Waals surface area contributed by atoms with Crippen molar-refractivity contribution in [2.24, 2.45) is 0 Å². The Bertz CT molecular complexity index is 1060. The van der Waals surface area contributed by atoms with Gasteiger partial charge in [-0.15, -0.1) is 0 Å². The Morgan fingerprint density at radius 2 is 1.82 bits per heavy atom. The van der Waals surface area contributed by atoms with Crippen LogP contribution in [-0.2, 0) is 17.9 Å². The first-order valence-electron chi connectivity index (χ1n) is 9.29. The number of hydrogen-bond acceptors (Lipinski definition) is 4. The van der Waals surface area contributed by atoms with E-state index in [2.05, 4.69) is 16.1 Å². The molecule has 0 radical (unpaired) electrons. The van der Waals surface area contributed by atoms with Gasteiger partial charge in [-0.2, -0.15) is 5.10 Å². The molecule has 1 saturated heterocycles. The zero-order chi connectivity index (χ0) is 19.5. The predicted molar refractivity (Wildman–Crippen MR) is 109 cm³/mol. The number of hydrogen-bond donors (Lipinski definition) is 0. The molecule has 0 aliphatic carbocycles. The monoisotopic (exact) mass is 396 g/mol. The molecule has 1 aliphatic heterocycles. The molecule has 1 aromatic heterocycles. The summed E-state index contributed by atoms with van der Waals surface area (Å²) in [5.41, 5.74) is 1.73. The number of piperazine rings is 1. The van der Waals surface area contributed by atoms with Crippen LogP contribution in [0.25, 0.3) is 10.9 Å². The lowest BCUT2D eigenvalue weighted by Crippen LogP contribution is -2.49. The van der Waals surface area contributed by atoms with Crippen LogP contribution >= 0.6 is 11.6 Å². The van der Waals surface area contributed by atoms with E-state index in [9.17, 15) is 9.59 Å². The number of rotatable bonds is 4. The van der Waals surface area contributed by atoms with E-state index in [0.29, 0.717) is 24.0 Å². The van der Waals surface area contributed by atoms with E-state index in [1.165, 1.54) is 11.8 Å². The van der Waals surface area contributed by atoms with E-state index in [0.717, 1.165) is 24.7 Å². The minimum Gasteiger partial charge on any atom is -0.339 e. The molecule has 28 heavy (non-hydrogen) atoms. The maximum atomic E-state index is 12.8. The van der Waals surface area contributed by atoms with Crippen molar-refractivity contribution in [3.8, 4) is 0 Å². The predicted octanol–water partition coefficient (Wildman–Crippen LogP) is 2.39. The fraction of sp³-hybridized carbons (Fsp3) is 0.286. The highest BCUT2D eigenvalue weighted by Gasteiger charge is 2.22. The Morgan fingerprint density at radius 1 is 1.04 bits per heavy atom. The largest absolute Gasteiger partial charge is 0.339 e. The highest BCUT2D eigenvalue weighted by molar-refractivity contribution is 6.30. The number of carbonyl (C=O) groups excluding carboxylic acids is 1. The summed E-state index contributed by atoms with van der Waals surface area (Å²) in [5.74, 6) is 0.0173. The maximum Gasteiger partial charge on any atom is 0.244 e. The summed E-state index contributed by atoms with van der Waals surface area (Å²) in [6.07, 6.45) is 1.28. The summed E-state index contributed by atoms with van der Waals surface area (Å²) < 4.78 is 1.61. The minimum absolute atomic E-state index is 0.0173. The topological polar surface area (TPSA) is 58.4 Å². The van der Waals surface area contributed by atoms with Gasteiger partial charge in [-0.05, 0) is 29.8 Å². The molecule has 7 heteroatoms. The van der Waals surface area contributed by atoms with Crippen molar-refractivity contribution in [1.82, 2.24) is 19.6 Å². The van der Waals surface area contributed by atoms with Crippen LogP contribution < -0.4 is 5.43 Å². The molecule has 6 nitrogen and oxygen atoms in total. The standard InChI is InChI=1S/C21H21ClN4O2/c22-17-5-3-4-16(12-17)14-24-8-10-25(11-9-24)21(28)15-26-19-7-2-1-6-18(19)20(27)13-23-26/h1-7,12-13H,8-11,14-15H2. The van der Waals surface area contributed by atoms with Crippen LogP contribution in [0.15, 0.2) is 59.5 Å². The van der Waals surface area contributed by atoms with Crippen molar-refractivity contribution >= 4 is 28.4 Å². The third-order valence-corrected chi connectivity index (χ3v) is 5.30. The van der Waals surface area contributed by atoms with E-state index in [1.807, 2.05) is 41.3 Å². The fourth-order valence-corrected chi connectivity index (χ4v) is 3.78. The Kier molecular flexibility index (Phi) is 5.41. The second-order valence-electron chi connectivity index (χ2n) is 6.97. The molecule has 2 aromatic carbocycles. The van der Waals surface area contributed by atoms with Crippen LogP contribution in [0.4, 0.5) is 0 Å². The van der Waals surface area contributed by atoms with Crippen molar-refractivity contribution < 1.29 is 4.79 Å². The molecule has 1 aliphatic rings. The molecule has 4 rings (SSSR count). The van der Waals surface area contributed by atoms with E-state index < -0.39 is 0 Å². The number of para-hydroxylation sites is 1. The lowest BCUT2D eigenvalue weighted by atomic mass is 10.2. The van der Waals surface area contributed by atoms with Crippen molar-refractivity contribution in [1.29, 1.82) is 0 Å². The van der Waals surface area contributed by atoms with Gasteiger partial charge in [-0.1, -0.05) is 35.9 Å². The molecule has 0 spiro atoms. The normalized spacial score (nSPS) is 15.1. The van der Waals surface area contributed by atoms with Gasteiger partial charge in [0, 0.05) is 43.1 Å². The maximum absolute atomic E-state index is 12.8. The van der Waals surface area contributed by atoms with Crippen LogP contribution in [0, 0.1) is 0 Å². The zero-order valence-electron chi connectivity index (χ0n) is 15.4. The summed E-state index contributed by atoms with van der Waals surface area (Å²) in [4.78, 5) is 28.9. The van der Waals surface area contributed by atoms with Gasteiger partial charge in [-0.3, -0.25) is 19.2 Å². The van der Waals surface area contributed by atoms with Crippen molar-refractivity contribution in [2.45, 2.75) is 13.1 Å². The second-order valence-corrected chi connectivity index (χ2v) is 7.41. The lowest BCUT2D eigenvalue weighted by molar-refractivity contribution is -0.133. The Morgan fingerprint density at radius 3 is 2.61 bits per heavy atom.